The van der Waals surface area contributed by atoms with Crippen LogP contribution in [0, 0.1) is 11.6 Å². The van der Waals surface area contributed by atoms with E-state index in [0.717, 1.165) is 17.7 Å². The summed E-state index contributed by atoms with van der Waals surface area (Å²) in [6.07, 6.45) is 0.820. The van der Waals surface area contributed by atoms with E-state index in [4.69, 9.17) is 0 Å². The van der Waals surface area contributed by atoms with Gasteiger partial charge in [-0.3, -0.25) is 0 Å². The zero-order valence-corrected chi connectivity index (χ0v) is 10.2. The first-order chi connectivity index (χ1) is 8.69. The number of rotatable bonds is 4. The molecule has 0 heterocycles. The van der Waals surface area contributed by atoms with Gasteiger partial charge in [0.15, 0.2) is 0 Å². The van der Waals surface area contributed by atoms with Gasteiger partial charge in [-0.15, -0.1) is 0 Å². The highest BCUT2D eigenvalue weighted by atomic mass is 19.1. The van der Waals surface area contributed by atoms with E-state index in [9.17, 15) is 8.78 Å². The Morgan fingerprint density at radius 3 is 2.33 bits per heavy atom. The van der Waals surface area contributed by atoms with Gasteiger partial charge in [0.1, 0.15) is 11.6 Å². The Morgan fingerprint density at radius 1 is 1.00 bits per heavy atom. The molecule has 3 heteroatoms. The summed E-state index contributed by atoms with van der Waals surface area (Å²) in [6.45, 7) is 2.02. The molecule has 0 fully saturated rings. The molecular weight excluding hydrogens is 232 g/mol. The van der Waals surface area contributed by atoms with Crippen molar-refractivity contribution < 1.29 is 8.78 Å². The van der Waals surface area contributed by atoms with Crippen molar-refractivity contribution in [2.45, 2.75) is 19.4 Å². The van der Waals surface area contributed by atoms with E-state index in [0.29, 0.717) is 0 Å². The molecule has 1 unspecified atom stereocenters. The van der Waals surface area contributed by atoms with Gasteiger partial charge in [0.05, 0.1) is 6.04 Å². The predicted molar refractivity (Wildman–Crippen MR) is 69.5 cm³/mol. The van der Waals surface area contributed by atoms with Gasteiger partial charge in [-0.1, -0.05) is 19.1 Å². The quantitative estimate of drug-likeness (QED) is 0.837. The van der Waals surface area contributed by atoms with Crippen LogP contribution in [0.2, 0.25) is 0 Å². The van der Waals surface area contributed by atoms with Crippen molar-refractivity contribution in [2.75, 3.05) is 5.32 Å². The first-order valence-corrected chi connectivity index (χ1v) is 5.96. The highest BCUT2D eigenvalue weighted by Crippen LogP contribution is 2.23. The van der Waals surface area contributed by atoms with Crippen molar-refractivity contribution in [2.24, 2.45) is 0 Å². The van der Waals surface area contributed by atoms with Crippen LogP contribution in [-0.2, 0) is 0 Å². The van der Waals surface area contributed by atoms with Crippen LogP contribution < -0.4 is 5.32 Å². The minimum atomic E-state index is -0.264. The molecule has 0 aromatic heterocycles. The summed E-state index contributed by atoms with van der Waals surface area (Å²) in [5.74, 6) is -0.508. The fourth-order valence-corrected chi connectivity index (χ4v) is 1.89. The molecule has 0 bridgehead atoms. The third-order valence-corrected chi connectivity index (χ3v) is 2.84. The van der Waals surface area contributed by atoms with Crippen LogP contribution in [0.1, 0.15) is 24.9 Å². The monoisotopic (exact) mass is 247 g/mol. The predicted octanol–water partition coefficient (Wildman–Crippen LogP) is 4.53. The molecule has 0 saturated carbocycles. The minimum Gasteiger partial charge on any atom is -0.378 e. The highest BCUT2D eigenvalue weighted by molar-refractivity contribution is 5.45. The maximum atomic E-state index is 13.2. The third-order valence-electron chi connectivity index (χ3n) is 2.84. The second-order valence-electron chi connectivity index (χ2n) is 4.17. The van der Waals surface area contributed by atoms with Crippen LogP contribution in [-0.4, -0.2) is 0 Å². The molecule has 1 nitrogen and oxygen atoms in total. The van der Waals surface area contributed by atoms with Crippen molar-refractivity contribution in [3.63, 3.8) is 0 Å². The van der Waals surface area contributed by atoms with Crippen LogP contribution >= 0.6 is 0 Å². The molecule has 0 aliphatic heterocycles. The lowest BCUT2D eigenvalue weighted by Gasteiger charge is -2.18. The van der Waals surface area contributed by atoms with E-state index in [1.807, 2.05) is 13.0 Å². The number of halogens is 2. The van der Waals surface area contributed by atoms with Crippen LogP contribution in [0.3, 0.4) is 0 Å². The van der Waals surface area contributed by atoms with Gasteiger partial charge in [0.25, 0.3) is 0 Å². The standard InChI is InChI=1S/C15H15F2N/c1-2-15(11-4-3-5-13(17)10-11)18-14-8-6-12(16)7-9-14/h3-10,15,18H,2H2,1H3. The number of benzene rings is 2. The van der Waals surface area contributed by atoms with E-state index < -0.39 is 0 Å². The highest BCUT2D eigenvalue weighted by Gasteiger charge is 2.09. The maximum Gasteiger partial charge on any atom is 0.123 e. The molecule has 1 N–H and O–H groups in total. The fraction of sp³-hybridized carbons (Fsp3) is 0.200. The topological polar surface area (TPSA) is 12.0 Å². The van der Waals surface area contributed by atoms with Crippen LogP contribution in [0.25, 0.3) is 0 Å². The summed E-state index contributed by atoms with van der Waals surface area (Å²) in [5, 5.41) is 3.27. The van der Waals surface area contributed by atoms with E-state index in [-0.39, 0.29) is 17.7 Å². The van der Waals surface area contributed by atoms with Gasteiger partial charge in [-0.25, -0.2) is 8.78 Å². The lowest BCUT2D eigenvalue weighted by atomic mass is 10.0. The van der Waals surface area contributed by atoms with Crippen molar-refractivity contribution in [3.05, 3.63) is 65.7 Å². The van der Waals surface area contributed by atoms with Gasteiger partial charge in [-0.2, -0.15) is 0 Å². The van der Waals surface area contributed by atoms with Gasteiger partial charge in [0.2, 0.25) is 0 Å². The molecule has 0 aliphatic carbocycles. The van der Waals surface area contributed by atoms with E-state index in [2.05, 4.69) is 5.32 Å². The molecule has 18 heavy (non-hydrogen) atoms. The summed E-state index contributed by atoms with van der Waals surface area (Å²) in [6, 6.07) is 12.7. The van der Waals surface area contributed by atoms with Gasteiger partial charge in [0, 0.05) is 5.69 Å². The second kappa shape index (κ2) is 5.63. The number of anilines is 1. The van der Waals surface area contributed by atoms with Crippen LogP contribution in [0.5, 0.6) is 0 Å². The molecule has 0 amide bonds. The molecule has 2 aromatic rings. The molecule has 0 saturated heterocycles. The Balaban J connectivity index is 2.17. The normalized spacial score (nSPS) is 12.2. The maximum absolute atomic E-state index is 13.2. The largest absolute Gasteiger partial charge is 0.378 e. The molecule has 0 spiro atoms. The van der Waals surface area contributed by atoms with E-state index in [1.54, 1.807) is 18.2 Å². The van der Waals surface area contributed by atoms with Crippen LogP contribution in [0.4, 0.5) is 14.5 Å². The minimum absolute atomic E-state index is 0.0196. The average Bonchev–Trinajstić information content (AvgIpc) is 2.38. The zero-order chi connectivity index (χ0) is 13.0. The van der Waals surface area contributed by atoms with Crippen LogP contribution in [0.15, 0.2) is 48.5 Å². The smallest absolute Gasteiger partial charge is 0.123 e. The third kappa shape index (κ3) is 3.06. The SMILES string of the molecule is CCC(Nc1ccc(F)cc1)c1cccc(F)c1. The summed E-state index contributed by atoms with van der Waals surface area (Å²) in [5.41, 5.74) is 1.72. The molecule has 2 aromatic carbocycles. The van der Waals surface area contributed by atoms with Gasteiger partial charge in [-0.05, 0) is 48.4 Å². The molecular formula is C15H15F2N. The summed E-state index contributed by atoms with van der Waals surface area (Å²) < 4.78 is 26.0. The Bertz CT molecular complexity index is 508. The van der Waals surface area contributed by atoms with Gasteiger partial charge >= 0.3 is 0 Å². The first kappa shape index (κ1) is 12.6. The fourth-order valence-electron chi connectivity index (χ4n) is 1.89. The Morgan fingerprint density at radius 2 is 1.72 bits per heavy atom. The number of hydrogen-bond acceptors (Lipinski definition) is 1. The lowest BCUT2D eigenvalue weighted by Crippen LogP contribution is -2.09. The first-order valence-electron chi connectivity index (χ1n) is 5.96. The lowest BCUT2D eigenvalue weighted by molar-refractivity contribution is 0.620. The molecule has 1 atom stereocenters. The number of nitrogens with one attached hydrogen (secondary N) is 1. The molecule has 0 aliphatic rings. The second-order valence-corrected chi connectivity index (χ2v) is 4.17. The van der Waals surface area contributed by atoms with Crippen molar-refractivity contribution in [1.29, 1.82) is 0 Å². The zero-order valence-electron chi connectivity index (χ0n) is 10.2. The molecule has 2 rings (SSSR count). The Labute approximate surface area is 105 Å². The van der Waals surface area contributed by atoms with E-state index >= 15 is 0 Å². The Hall–Kier alpha value is -1.90. The number of hydrogen-bond donors (Lipinski definition) is 1. The molecule has 0 radical (unpaired) electrons. The summed E-state index contributed by atoms with van der Waals surface area (Å²) >= 11 is 0. The summed E-state index contributed by atoms with van der Waals surface area (Å²) in [4.78, 5) is 0. The van der Waals surface area contributed by atoms with Gasteiger partial charge < -0.3 is 5.32 Å². The molecule has 94 valence electrons. The average molecular weight is 247 g/mol. The summed E-state index contributed by atoms with van der Waals surface area (Å²) in [7, 11) is 0. The van der Waals surface area contributed by atoms with Crippen molar-refractivity contribution >= 4 is 5.69 Å². The van der Waals surface area contributed by atoms with Crippen molar-refractivity contribution in [3.8, 4) is 0 Å². The Kier molecular flexibility index (Phi) is 3.92. The van der Waals surface area contributed by atoms with Crippen molar-refractivity contribution in [1.82, 2.24) is 0 Å². The van der Waals surface area contributed by atoms with E-state index in [1.165, 1.54) is 24.3 Å².